The number of nitrogens with two attached hydrogens (primary N) is 1. The fraction of sp³-hybridized carbons (Fsp3) is 0.667. The molecular formula is C24H36N8O7. The summed E-state index contributed by atoms with van der Waals surface area (Å²) in [7, 11) is 0. The maximum absolute atomic E-state index is 12.4. The molecule has 0 radical (unpaired) electrons. The van der Waals surface area contributed by atoms with Crippen molar-refractivity contribution in [2.24, 2.45) is 5.92 Å². The number of aliphatic hydroxyl groups is 2. The van der Waals surface area contributed by atoms with Crippen molar-refractivity contribution in [3.05, 3.63) is 12.2 Å². The Morgan fingerprint density at radius 1 is 1.28 bits per heavy atom. The summed E-state index contributed by atoms with van der Waals surface area (Å²) in [6.07, 6.45) is 1.72. The van der Waals surface area contributed by atoms with E-state index in [0.29, 0.717) is 61.8 Å². The summed E-state index contributed by atoms with van der Waals surface area (Å²) < 4.78 is 12.5. The van der Waals surface area contributed by atoms with Crippen LogP contribution in [0.2, 0.25) is 0 Å². The molecule has 0 bridgehead atoms. The van der Waals surface area contributed by atoms with Crippen molar-refractivity contribution in [3.8, 4) is 0 Å². The van der Waals surface area contributed by atoms with E-state index in [1.807, 2.05) is 0 Å². The van der Waals surface area contributed by atoms with Gasteiger partial charge in [-0.2, -0.15) is 0 Å². The van der Waals surface area contributed by atoms with Crippen LogP contribution in [0.1, 0.15) is 44.9 Å². The fourth-order valence-corrected chi connectivity index (χ4v) is 4.72. The highest BCUT2D eigenvalue weighted by atomic mass is 16.6. The number of aliphatic hydroxyl groups excluding tert-OH is 2. The van der Waals surface area contributed by atoms with E-state index in [1.54, 1.807) is 16.4 Å². The number of rotatable bonds is 11. The van der Waals surface area contributed by atoms with Gasteiger partial charge in [0.2, 0.25) is 5.91 Å². The number of nitrogens with zero attached hydrogens (tertiary/aromatic N) is 5. The largest absolute Gasteiger partial charge is 0.425 e. The van der Waals surface area contributed by atoms with Gasteiger partial charge < -0.3 is 41.0 Å². The highest BCUT2D eigenvalue weighted by molar-refractivity contribution is 5.82. The van der Waals surface area contributed by atoms with Crippen molar-refractivity contribution >= 4 is 34.9 Å². The monoisotopic (exact) mass is 548 g/mol. The molecule has 2 saturated heterocycles. The number of aryl methyl sites for hydroxylation is 1. The third kappa shape index (κ3) is 7.10. The number of nitrogen functional groups attached to an aromatic ring is 1. The van der Waals surface area contributed by atoms with Gasteiger partial charge in [0.25, 0.3) is 5.91 Å². The van der Waals surface area contributed by atoms with Gasteiger partial charge in [-0.05, 0) is 32.1 Å². The van der Waals surface area contributed by atoms with Gasteiger partial charge in [-0.25, -0.2) is 19.7 Å². The summed E-state index contributed by atoms with van der Waals surface area (Å²) in [4.78, 5) is 50.8. The molecule has 0 saturated carbocycles. The van der Waals surface area contributed by atoms with Gasteiger partial charge in [-0.1, -0.05) is 0 Å². The number of nitrogens with one attached hydrogen (secondary N) is 2. The van der Waals surface area contributed by atoms with Crippen LogP contribution in [0.3, 0.4) is 0 Å². The molecule has 0 aromatic carbocycles. The van der Waals surface area contributed by atoms with E-state index < -0.39 is 37.0 Å². The summed E-state index contributed by atoms with van der Waals surface area (Å²) >= 11 is 0. The van der Waals surface area contributed by atoms with Crippen LogP contribution >= 0.6 is 0 Å². The second kappa shape index (κ2) is 13.0. The van der Waals surface area contributed by atoms with E-state index >= 15 is 0 Å². The van der Waals surface area contributed by atoms with Crippen molar-refractivity contribution < 1.29 is 34.1 Å². The Bertz CT molecular complexity index is 1170. The molecule has 2 aliphatic rings. The zero-order valence-electron chi connectivity index (χ0n) is 21.9. The Balaban J connectivity index is 1.31. The third-order valence-corrected chi connectivity index (χ3v) is 6.92. The third-order valence-electron chi connectivity index (χ3n) is 6.92. The van der Waals surface area contributed by atoms with Crippen LogP contribution in [-0.2, 0) is 32.2 Å². The summed E-state index contributed by atoms with van der Waals surface area (Å²) in [5, 5.41) is 24.5. The topological polar surface area (TPSA) is 207 Å². The number of hydrogen-bond donors (Lipinski definition) is 5. The highest BCUT2D eigenvalue weighted by Gasteiger charge is 2.30. The van der Waals surface area contributed by atoms with Crippen LogP contribution < -0.4 is 16.4 Å². The lowest BCUT2D eigenvalue weighted by Crippen LogP contribution is -2.45. The second-order valence-electron chi connectivity index (χ2n) is 9.72. The number of imidazole rings is 1. The predicted molar refractivity (Wildman–Crippen MR) is 137 cm³/mol. The smallest absolute Gasteiger partial charge is 0.411 e. The van der Waals surface area contributed by atoms with Crippen LogP contribution in [-0.4, -0.2) is 97.2 Å². The summed E-state index contributed by atoms with van der Waals surface area (Å²) in [6.45, 7) is 2.45. The predicted octanol–water partition coefficient (Wildman–Crippen LogP) is -0.742. The number of likely N-dealkylation sites (N-methyl/N-ethyl adjacent to an activating group) is 1. The maximum Gasteiger partial charge on any atom is 0.411 e. The first-order chi connectivity index (χ1) is 18.8. The number of amides is 3. The first-order valence-electron chi connectivity index (χ1n) is 13.2. The van der Waals surface area contributed by atoms with Gasteiger partial charge in [0, 0.05) is 38.9 Å². The molecule has 2 aromatic heterocycles. The minimum Gasteiger partial charge on any atom is -0.425 e. The van der Waals surface area contributed by atoms with E-state index in [2.05, 4.69) is 25.6 Å². The summed E-state index contributed by atoms with van der Waals surface area (Å²) in [5.74, 6) is 0.485. The molecule has 2 aromatic rings. The van der Waals surface area contributed by atoms with Crippen LogP contribution in [0.4, 0.5) is 10.6 Å². The number of fused-ring (bicyclic) bond motifs is 1. The van der Waals surface area contributed by atoms with Crippen LogP contribution in [0.15, 0.2) is 6.33 Å². The van der Waals surface area contributed by atoms with Gasteiger partial charge in [0.05, 0.1) is 12.9 Å². The number of anilines is 1. The lowest BCUT2D eigenvalue weighted by molar-refractivity contribution is -0.147. The Kier molecular flexibility index (Phi) is 9.48. The standard InChI is InChI=1S/C24H36N8O7/c1-2-26-23(36)20(15(34)11-33)38-13-32-12-27-19-21(25)28-16(29-22(19)32)4-3-14-7-9-31(10-8-14)24(37)39-18-6-5-17(35)30-18/h12,14-15,18,20,33-34H,2-11,13H2,1H3,(H,26,36)(H,30,35)(H2,25,28,29)/t15?,18?,20-/m0/s1. The molecule has 2 unspecified atom stereocenters. The van der Waals surface area contributed by atoms with Crippen molar-refractivity contribution in [3.63, 3.8) is 0 Å². The van der Waals surface area contributed by atoms with Crippen LogP contribution in [0, 0.1) is 5.92 Å². The van der Waals surface area contributed by atoms with E-state index in [1.165, 1.54) is 6.33 Å². The molecule has 15 nitrogen and oxygen atoms in total. The van der Waals surface area contributed by atoms with Gasteiger partial charge in [-0.3, -0.25) is 14.2 Å². The van der Waals surface area contributed by atoms with Crippen molar-refractivity contribution in [2.75, 3.05) is 32.0 Å². The fourth-order valence-electron chi connectivity index (χ4n) is 4.72. The quantitative estimate of drug-likeness (QED) is 0.236. The maximum atomic E-state index is 12.4. The molecule has 3 atom stereocenters. The van der Waals surface area contributed by atoms with Gasteiger partial charge in [0.1, 0.15) is 24.2 Å². The lowest BCUT2D eigenvalue weighted by atomic mass is 9.92. The van der Waals surface area contributed by atoms with E-state index in [4.69, 9.17) is 15.2 Å². The summed E-state index contributed by atoms with van der Waals surface area (Å²) in [5.41, 5.74) is 6.96. The molecule has 4 rings (SSSR count). The number of carbonyl (C=O) groups excluding carboxylic acids is 3. The molecule has 2 fully saturated rings. The van der Waals surface area contributed by atoms with E-state index in [0.717, 1.165) is 19.3 Å². The van der Waals surface area contributed by atoms with Crippen LogP contribution in [0.5, 0.6) is 0 Å². The first-order valence-corrected chi connectivity index (χ1v) is 13.2. The van der Waals surface area contributed by atoms with Crippen molar-refractivity contribution in [1.82, 2.24) is 35.1 Å². The molecule has 0 spiro atoms. The van der Waals surface area contributed by atoms with Gasteiger partial charge in [-0.15, -0.1) is 0 Å². The molecule has 4 heterocycles. The number of aromatic nitrogens is 4. The van der Waals surface area contributed by atoms with E-state index in [9.17, 15) is 24.6 Å². The van der Waals surface area contributed by atoms with Gasteiger partial charge >= 0.3 is 6.09 Å². The second-order valence-corrected chi connectivity index (χ2v) is 9.72. The molecule has 3 amide bonds. The molecular weight excluding hydrogens is 512 g/mol. The van der Waals surface area contributed by atoms with E-state index in [-0.39, 0.29) is 18.5 Å². The zero-order chi connectivity index (χ0) is 27.9. The Labute approximate surface area is 225 Å². The molecule has 2 aliphatic heterocycles. The average molecular weight is 549 g/mol. The SMILES string of the molecule is CCNC(=O)[C@@H](OCn1cnc2c(N)nc(CCC3CCN(C(=O)OC4CCC(=O)N4)CC3)nc21)C(O)CO. The highest BCUT2D eigenvalue weighted by Crippen LogP contribution is 2.24. The average Bonchev–Trinajstić information content (AvgIpc) is 3.53. The number of likely N-dealkylation sites (tertiary alicyclic amines) is 1. The number of ether oxygens (including phenoxy) is 2. The zero-order valence-corrected chi connectivity index (χ0v) is 21.9. The lowest BCUT2D eigenvalue weighted by Gasteiger charge is -2.32. The number of hydrogen-bond acceptors (Lipinski definition) is 11. The van der Waals surface area contributed by atoms with Crippen molar-refractivity contribution in [1.29, 1.82) is 0 Å². The number of carbonyl (C=O) groups is 3. The molecule has 0 aliphatic carbocycles. The normalized spacial score (nSPS) is 19.6. The van der Waals surface area contributed by atoms with Gasteiger partial charge in [0.15, 0.2) is 23.8 Å². The molecule has 6 N–H and O–H groups in total. The molecule has 214 valence electrons. The molecule has 39 heavy (non-hydrogen) atoms. The molecule has 15 heteroatoms. The Morgan fingerprint density at radius 3 is 2.72 bits per heavy atom. The summed E-state index contributed by atoms with van der Waals surface area (Å²) in [6, 6.07) is 0. The minimum atomic E-state index is -1.39. The van der Waals surface area contributed by atoms with Crippen molar-refractivity contribution in [2.45, 2.75) is 70.6 Å². The Morgan fingerprint density at radius 2 is 2.05 bits per heavy atom. The number of piperidine rings is 1. The first kappa shape index (κ1) is 28.4. The minimum absolute atomic E-state index is 0.104. The Hall–Kier alpha value is -3.56. The van der Waals surface area contributed by atoms with Crippen LogP contribution in [0.25, 0.3) is 11.2 Å².